The van der Waals surface area contributed by atoms with Crippen LogP contribution in [-0.2, 0) is 12.6 Å². The number of hydrogen-bond donors (Lipinski definition) is 2. The summed E-state index contributed by atoms with van der Waals surface area (Å²) in [5.74, 6) is -1.41. The number of nitrogens with one attached hydrogen (secondary N) is 1. The molecule has 0 saturated heterocycles. The van der Waals surface area contributed by atoms with E-state index in [2.05, 4.69) is 5.32 Å². The molecule has 3 N–H and O–H groups in total. The highest BCUT2D eigenvalue weighted by Gasteiger charge is 2.34. The highest BCUT2D eigenvalue weighted by Crippen LogP contribution is 2.30. The van der Waals surface area contributed by atoms with Gasteiger partial charge in [-0.15, -0.1) is 0 Å². The third-order valence-corrected chi connectivity index (χ3v) is 4.46. The second-order valence-corrected chi connectivity index (χ2v) is 6.42. The van der Waals surface area contributed by atoms with E-state index in [4.69, 9.17) is 10.5 Å². The molecule has 3 rings (SSSR count). The molecule has 0 aromatic heterocycles. The Morgan fingerprint density at radius 3 is 2.38 bits per heavy atom. The van der Waals surface area contributed by atoms with Crippen molar-refractivity contribution in [1.29, 1.82) is 0 Å². The largest absolute Gasteiger partial charge is 0.497 e. The molecular weight excluding hydrogens is 381 g/mol. The fraction of sp³-hybridized carbons (Fsp3) is 0.136. The lowest BCUT2D eigenvalue weighted by molar-refractivity contribution is -0.0463. The van der Waals surface area contributed by atoms with Gasteiger partial charge in [-0.3, -0.25) is 4.79 Å². The summed E-state index contributed by atoms with van der Waals surface area (Å²) in [6, 6.07) is 13.3. The van der Waals surface area contributed by atoms with E-state index in [0.29, 0.717) is 11.1 Å². The van der Waals surface area contributed by atoms with Gasteiger partial charge in [-0.25, -0.2) is 9.71 Å². The number of hydrogen-bond acceptors (Lipinski definition) is 3. The first kappa shape index (κ1) is 20.4. The van der Waals surface area contributed by atoms with Gasteiger partial charge in [0.1, 0.15) is 11.6 Å². The number of primary amides is 1. The molecule has 0 spiro atoms. The lowest BCUT2D eigenvalue weighted by atomic mass is 10.0. The van der Waals surface area contributed by atoms with Crippen LogP contribution >= 0.6 is 0 Å². The van der Waals surface area contributed by atoms with E-state index in [1.54, 1.807) is 42.5 Å². The third-order valence-electron chi connectivity index (χ3n) is 4.46. The van der Waals surface area contributed by atoms with Crippen LogP contribution in [-0.4, -0.2) is 13.0 Å². The average Bonchev–Trinajstić information content (AvgIpc) is 2.72. The van der Waals surface area contributed by atoms with Crippen LogP contribution < -0.4 is 15.8 Å². The third kappa shape index (κ3) is 4.75. The van der Waals surface area contributed by atoms with Crippen molar-refractivity contribution in [2.75, 3.05) is 7.11 Å². The SMILES string of the molecule is COc1ccc(C(F)(F)NCc2ccc(-c3cccc(C(N)=O)c3)cc2)c(F)c1. The summed E-state index contributed by atoms with van der Waals surface area (Å²) >= 11 is 0. The van der Waals surface area contributed by atoms with Gasteiger partial charge in [0.25, 0.3) is 0 Å². The van der Waals surface area contributed by atoms with Crippen LogP contribution in [0.1, 0.15) is 21.5 Å². The fourth-order valence-corrected chi connectivity index (χ4v) is 2.85. The predicted octanol–water partition coefficient (Wildman–Crippen LogP) is 4.44. The van der Waals surface area contributed by atoms with E-state index >= 15 is 0 Å². The molecule has 3 aromatic carbocycles. The topological polar surface area (TPSA) is 64.3 Å². The zero-order chi connectivity index (χ0) is 21.0. The number of nitrogens with two attached hydrogens (primary N) is 1. The van der Waals surface area contributed by atoms with Crippen LogP contribution in [0.25, 0.3) is 11.1 Å². The number of amides is 1. The summed E-state index contributed by atoms with van der Waals surface area (Å²) in [6.07, 6.45) is 0. The van der Waals surface area contributed by atoms with Gasteiger partial charge in [0.2, 0.25) is 5.91 Å². The molecule has 0 radical (unpaired) electrons. The number of halogens is 3. The van der Waals surface area contributed by atoms with E-state index < -0.39 is 23.3 Å². The van der Waals surface area contributed by atoms with E-state index in [1.807, 2.05) is 6.07 Å². The maximum atomic E-state index is 14.4. The van der Waals surface area contributed by atoms with Gasteiger partial charge in [-0.2, -0.15) is 8.78 Å². The number of alkyl halides is 2. The predicted molar refractivity (Wildman–Crippen MR) is 104 cm³/mol. The van der Waals surface area contributed by atoms with Gasteiger partial charge in [0.05, 0.1) is 12.7 Å². The minimum Gasteiger partial charge on any atom is -0.497 e. The van der Waals surface area contributed by atoms with E-state index in [9.17, 15) is 18.0 Å². The molecule has 4 nitrogen and oxygen atoms in total. The summed E-state index contributed by atoms with van der Waals surface area (Å²) in [7, 11) is 1.33. The van der Waals surface area contributed by atoms with Crippen LogP contribution in [0.5, 0.6) is 5.75 Å². The molecule has 0 aliphatic heterocycles. The Balaban J connectivity index is 1.71. The molecule has 0 aliphatic rings. The quantitative estimate of drug-likeness (QED) is 0.577. The second-order valence-electron chi connectivity index (χ2n) is 6.42. The van der Waals surface area contributed by atoms with Crippen LogP contribution in [0.2, 0.25) is 0 Å². The molecule has 7 heteroatoms. The number of carbonyl (C=O) groups excluding carboxylic acids is 1. The van der Waals surface area contributed by atoms with E-state index in [-0.39, 0.29) is 12.3 Å². The van der Waals surface area contributed by atoms with Crippen molar-refractivity contribution in [2.24, 2.45) is 5.73 Å². The van der Waals surface area contributed by atoms with Gasteiger partial charge >= 0.3 is 6.05 Å². The number of carbonyl (C=O) groups is 1. The molecule has 0 atom stereocenters. The van der Waals surface area contributed by atoms with Crippen molar-refractivity contribution in [3.63, 3.8) is 0 Å². The molecule has 0 heterocycles. The Morgan fingerprint density at radius 1 is 1.03 bits per heavy atom. The Labute approximate surface area is 166 Å². The van der Waals surface area contributed by atoms with Crippen molar-refractivity contribution in [3.05, 3.63) is 89.2 Å². The minimum absolute atomic E-state index is 0.165. The van der Waals surface area contributed by atoms with E-state index in [0.717, 1.165) is 23.3 Å². The zero-order valence-corrected chi connectivity index (χ0v) is 15.6. The molecule has 0 saturated carbocycles. The molecule has 29 heavy (non-hydrogen) atoms. The van der Waals surface area contributed by atoms with Crippen LogP contribution in [0, 0.1) is 5.82 Å². The highest BCUT2D eigenvalue weighted by atomic mass is 19.3. The smallest absolute Gasteiger partial charge is 0.332 e. The average molecular weight is 400 g/mol. The van der Waals surface area contributed by atoms with Crippen molar-refractivity contribution >= 4 is 5.91 Å². The first-order valence-electron chi connectivity index (χ1n) is 8.76. The van der Waals surface area contributed by atoms with Crippen LogP contribution in [0.4, 0.5) is 13.2 Å². The number of rotatable bonds is 7. The first-order chi connectivity index (χ1) is 13.8. The van der Waals surface area contributed by atoms with Gasteiger partial charge in [0.15, 0.2) is 0 Å². The molecule has 0 fully saturated rings. The summed E-state index contributed by atoms with van der Waals surface area (Å²) in [5.41, 5.74) is 7.10. The lowest BCUT2D eigenvalue weighted by Crippen LogP contribution is -2.34. The van der Waals surface area contributed by atoms with Gasteiger partial charge in [-0.05, 0) is 41.0 Å². The minimum atomic E-state index is -3.55. The van der Waals surface area contributed by atoms with E-state index in [1.165, 1.54) is 13.2 Å². The Hall–Kier alpha value is -3.32. The monoisotopic (exact) mass is 400 g/mol. The normalized spacial score (nSPS) is 11.3. The fourth-order valence-electron chi connectivity index (χ4n) is 2.85. The van der Waals surface area contributed by atoms with Crippen molar-refractivity contribution in [3.8, 4) is 16.9 Å². The molecule has 0 bridgehead atoms. The standard InChI is InChI=1S/C22H19F3N2O2/c1-29-18-9-10-19(20(23)12-18)22(24,25)27-13-14-5-7-15(8-6-14)16-3-2-4-17(11-16)21(26)28/h2-12,27H,13H2,1H3,(H2,26,28). The molecular formula is C22H19F3N2O2. The molecule has 150 valence electrons. The summed E-state index contributed by atoms with van der Waals surface area (Å²) in [5, 5.41) is 2.08. The summed E-state index contributed by atoms with van der Waals surface area (Å²) in [4.78, 5) is 11.3. The van der Waals surface area contributed by atoms with Crippen molar-refractivity contribution in [2.45, 2.75) is 12.6 Å². The molecule has 0 unspecified atom stereocenters. The Bertz CT molecular complexity index is 1020. The summed E-state index contributed by atoms with van der Waals surface area (Å²) < 4.78 is 47.5. The number of benzene rings is 3. The highest BCUT2D eigenvalue weighted by molar-refractivity contribution is 5.94. The maximum Gasteiger partial charge on any atom is 0.332 e. The Kier molecular flexibility index (Phi) is 5.89. The number of ether oxygens (including phenoxy) is 1. The number of methoxy groups -OCH3 is 1. The molecule has 0 aliphatic carbocycles. The molecule has 1 amide bonds. The van der Waals surface area contributed by atoms with Crippen LogP contribution in [0.15, 0.2) is 66.7 Å². The van der Waals surface area contributed by atoms with Crippen molar-refractivity contribution in [1.82, 2.24) is 5.32 Å². The lowest BCUT2D eigenvalue weighted by Gasteiger charge is -2.19. The van der Waals surface area contributed by atoms with Gasteiger partial charge in [0, 0.05) is 18.2 Å². The van der Waals surface area contributed by atoms with Gasteiger partial charge in [-0.1, -0.05) is 36.4 Å². The first-order valence-corrected chi connectivity index (χ1v) is 8.76. The summed E-state index contributed by atoms with van der Waals surface area (Å²) in [6.45, 7) is -0.167. The van der Waals surface area contributed by atoms with Crippen LogP contribution in [0.3, 0.4) is 0 Å². The maximum absolute atomic E-state index is 14.4. The van der Waals surface area contributed by atoms with Gasteiger partial charge < -0.3 is 10.5 Å². The Morgan fingerprint density at radius 2 is 1.76 bits per heavy atom. The molecule has 3 aromatic rings. The zero-order valence-electron chi connectivity index (χ0n) is 15.6. The second kappa shape index (κ2) is 8.36. The van der Waals surface area contributed by atoms with Crippen molar-refractivity contribution < 1.29 is 22.7 Å².